The lowest BCUT2D eigenvalue weighted by Gasteiger charge is -2.28. The summed E-state index contributed by atoms with van der Waals surface area (Å²) in [7, 11) is 4.03. The first kappa shape index (κ1) is 22.2. The maximum absolute atomic E-state index is 12.9. The Labute approximate surface area is 203 Å². The van der Waals surface area contributed by atoms with Crippen LogP contribution in [0.2, 0.25) is 0 Å². The van der Waals surface area contributed by atoms with E-state index < -0.39 is 0 Å². The number of amides is 1. The summed E-state index contributed by atoms with van der Waals surface area (Å²) in [6, 6.07) is 21.7. The van der Waals surface area contributed by atoms with E-state index >= 15 is 0 Å². The van der Waals surface area contributed by atoms with Gasteiger partial charge in [-0.25, -0.2) is 4.98 Å². The molecule has 0 unspecified atom stereocenters. The molecule has 3 aromatic carbocycles. The molecule has 1 amide bonds. The lowest BCUT2D eigenvalue weighted by atomic mass is 10.2. The standard InChI is InChI=1S/C26H27N5O2S/c1-30(2)22-5-3-4-20(17-22)28-26-29-23-11-6-18(16-24(23)34-26)25(32)27-19-7-9-21(10-8-19)31-12-14-33-15-13-31/h3-11,16-17H,12-15H2,1-2H3,(H,27,32)(H,28,29). The number of carbonyl (C=O) groups is 1. The first-order valence-electron chi connectivity index (χ1n) is 11.2. The summed E-state index contributed by atoms with van der Waals surface area (Å²) >= 11 is 1.53. The Morgan fingerprint density at radius 3 is 2.56 bits per heavy atom. The van der Waals surface area contributed by atoms with Crippen LogP contribution in [-0.2, 0) is 4.74 Å². The first-order valence-corrected chi connectivity index (χ1v) is 12.1. The molecule has 34 heavy (non-hydrogen) atoms. The molecule has 0 spiro atoms. The lowest BCUT2D eigenvalue weighted by molar-refractivity contribution is 0.102. The fourth-order valence-electron chi connectivity index (χ4n) is 3.89. The maximum atomic E-state index is 12.9. The van der Waals surface area contributed by atoms with Crippen LogP contribution in [0.5, 0.6) is 0 Å². The summed E-state index contributed by atoms with van der Waals surface area (Å²) in [6.07, 6.45) is 0. The van der Waals surface area contributed by atoms with Crippen LogP contribution in [-0.4, -0.2) is 51.3 Å². The number of carbonyl (C=O) groups excluding carboxylic acids is 1. The van der Waals surface area contributed by atoms with Gasteiger partial charge in [0.15, 0.2) is 5.13 Å². The SMILES string of the molecule is CN(C)c1cccc(Nc2nc3ccc(C(=O)Nc4ccc(N5CCOCC5)cc4)cc3s2)c1. The minimum atomic E-state index is -0.136. The number of aromatic nitrogens is 1. The highest BCUT2D eigenvalue weighted by Crippen LogP contribution is 2.30. The first-order chi connectivity index (χ1) is 16.5. The Hall–Kier alpha value is -3.62. The highest BCUT2D eigenvalue weighted by Gasteiger charge is 2.13. The molecule has 7 nitrogen and oxygen atoms in total. The number of fused-ring (bicyclic) bond motifs is 1. The third-order valence-corrected chi connectivity index (χ3v) is 6.70. The molecule has 2 N–H and O–H groups in total. The number of hydrogen-bond donors (Lipinski definition) is 2. The van der Waals surface area contributed by atoms with E-state index in [1.54, 1.807) is 0 Å². The van der Waals surface area contributed by atoms with Gasteiger partial charge in [-0.05, 0) is 60.7 Å². The molecule has 174 valence electrons. The van der Waals surface area contributed by atoms with Crippen LogP contribution in [0.3, 0.4) is 0 Å². The number of anilines is 5. The van der Waals surface area contributed by atoms with E-state index in [1.807, 2.05) is 68.7 Å². The normalized spacial score (nSPS) is 13.6. The largest absolute Gasteiger partial charge is 0.378 e. The predicted molar refractivity (Wildman–Crippen MR) is 141 cm³/mol. The highest BCUT2D eigenvalue weighted by atomic mass is 32.1. The number of ether oxygens (including phenoxy) is 1. The zero-order valence-corrected chi connectivity index (χ0v) is 20.1. The van der Waals surface area contributed by atoms with Crippen molar-refractivity contribution in [3.8, 4) is 0 Å². The van der Waals surface area contributed by atoms with Crippen LogP contribution in [0, 0.1) is 0 Å². The Balaban J connectivity index is 1.27. The molecule has 0 radical (unpaired) electrons. The van der Waals surface area contributed by atoms with Crippen molar-refractivity contribution in [1.82, 2.24) is 4.98 Å². The Morgan fingerprint density at radius 1 is 1.00 bits per heavy atom. The lowest BCUT2D eigenvalue weighted by Crippen LogP contribution is -2.36. The Kier molecular flexibility index (Phi) is 6.33. The van der Waals surface area contributed by atoms with Crippen LogP contribution in [0.4, 0.5) is 27.9 Å². The fraction of sp³-hybridized carbons (Fsp3) is 0.231. The van der Waals surface area contributed by atoms with E-state index in [2.05, 4.69) is 37.6 Å². The van der Waals surface area contributed by atoms with Gasteiger partial charge in [0.05, 0.1) is 23.4 Å². The second kappa shape index (κ2) is 9.70. The number of morpholine rings is 1. The van der Waals surface area contributed by atoms with E-state index in [0.29, 0.717) is 5.56 Å². The molecule has 8 heteroatoms. The third-order valence-electron chi connectivity index (χ3n) is 5.77. The number of rotatable bonds is 6. The molecule has 2 heterocycles. The summed E-state index contributed by atoms with van der Waals surface area (Å²) in [5, 5.41) is 7.17. The van der Waals surface area contributed by atoms with E-state index in [9.17, 15) is 4.79 Å². The second-order valence-electron chi connectivity index (χ2n) is 8.37. The quantitative estimate of drug-likeness (QED) is 0.401. The minimum Gasteiger partial charge on any atom is -0.378 e. The summed E-state index contributed by atoms with van der Waals surface area (Å²) in [6.45, 7) is 3.27. The van der Waals surface area contributed by atoms with Crippen molar-refractivity contribution >= 4 is 55.3 Å². The summed E-state index contributed by atoms with van der Waals surface area (Å²) in [4.78, 5) is 21.9. The molecule has 1 aromatic heterocycles. The molecular formula is C26H27N5O2S. The van der Waals surface area contributed by atoms with Gasteiger partial charge < -0.3 is 25.2 Å². The van der Waals surface area contributed by atoms with Crippen LogP contribution in [0.1, 0.15) is 10.4 Å². The fourth-order valence-corrected chi connectivity index (χ4v) is 4.81. The van der Waals surface area contributed by atoms with Crippen molar-refractivity contribution in [2.45, 2.75) is 0 Å². The molecule has 0 saturated carbocycles. The smallest absolute Gasteiger partial charge is 0.255 e. The maximum Gasteiger partial charge on any atom is 0.255 e. The average Bonchev–Trinajstić information content (AvgIpc) is 3.26. The Bertz CT molecular complexity index is 1300. The zero-order valence-electron chi connectivity index (χ0n) is 19.2. The molecular weight excluding hydrogens is 446 g/mol. The van der Waals surface area contributed by atoms with Gasteiger partial charge in [0.25, 0.3) is 5.91 Å². The Morgan fingerprint density at radius 2 is 1.79 bits per heavy atom. The van der Waals surface area contributed by atoms with Gasteiger partial charge in [0.1, 0.15) is 0 Å². The van der Waals surface area contributed by atoms with Gasteiger partial charge in [-0.2, -0.15) is 0 Å². The van der Waals surface area contributed by atoms with Crippen molar-refractivity contribution in [3.05, 3.63) is 72.3 Å². The number of nitrogens with one attached hydrogen (secondary N) is 2. The van der Waals surface area contributed by atoms with Gasteiger partial charge in [-0.1, -0.05) is 17.4 Å². The predicted octanol–water partition coefficient (Wildman–Crippen LogP) is 5.19. The average molecular weight is 474 g/mol. The molecule has 1 fully saturated rings. The van der Waals surface area contributed by atoms with Crippen LogP contribution < -0.4 is 20.4 Å². The highest BCUT2D eigenvalue weighted by molar-refractivity contribution is 7.22. The van der Waals surface area contributed by atoms with Gasteiger partial charge in [0, 0.05) is 55.5 Å². The van der Waals surface area contributed by atoms with Crippen molar-refractivity contribution in [2.24, 2.45) is 0 Å². The molecule has 1 saturated heterocycles. The number of benzene rings is 3. The summed E-state index contributed by atoms with van der Waals surface area (Å²) < 4.78 is 6.37. The number of hydrogen-bond acceptors (Lipinski definition) is 7. The molecule has 0 bridgehead atoms. The van der Waals surface area contributed by atoms with Gasteiger partial charge in [-0.15, -0.1) is 0 Å². The van der Waals surface area contributed by atoms with E-state index in [0.717, 1.165) is 64.4 Å². The number of nitrogens with zero attached hydrogens (tertiary/aromatic N) is 3. The van der Waals surface area contributed by atoms with Crippen molar-refractivity contribution < 1.29 is 9.53 Å². The van der Waals surface area contributed by atoms with Crippen molar-refractivity contribution in [2.75, 3.05) is 60.8 Å². The van der Waals surface area contributed by atoms with E-state index in [4.69, 9.17) is 4.74 Å². The molecule has 1 aliphatic rings. The second-order valence-corrected chi connectivity index (χ2v) is 9.40. The zero-order chi connectivity index (χ0) is 23.5. The number of thiazole rings is 1. The van der Waals surface area contributed by atoms with Crippen LogP contribution >= 0.6 is 11.3 Å². The molecule has 0 aliphatic carbocycles. The summed E-state index contributed by atoms with van der Waals surface area (Å²) in [5.41, 5.74) is 5.47. The monoisotopic (exact) mass is 473 g/mol. The van der Waals surface area contributed by atoms with E-state index in [-0.39, 0.29) is 5.91 Å². The molecule has 1 aliphatic heterocycles. The molecule has 4 aromatic rings. The van der Waals surface area contributed by atoms with Gasteiger partial charge in [0.2, 0.25) is 0 Å². The van der Waals surface area contributed by atoms with Crippen LogP contribution in [0.25, 0.3) is 10.2 Å². The van der Waals surface area contributed by atoms with E-state index in [1.165, 1.54) is 11.3 Å². The minimum absolute atomic E-state index is 0.136. The van der Waals surface area contributed by atoms with Crippen molar-refractivity contribution in [1.29, 1.82) is 0 Å². The summed E-state index contributed by atoms with van der Waals surface area (Å²) in [5.74, 6) is -0.136. The third kappa shape index (κ3) is 4.98. The topological polar surface area (TPSA) is 69.7 Å². The molecule has 5 rings (SSSR count). The van der Waals surface area contributed by atoms with Gasteiger partial charge >= 0.3 is 0 Å². The van der Waals surface area contributed by atoms with Gasteiger partial charge in [-0.3, -0.25) is 4.79 Å². The van der Waals surface area contributed by atoms with Crippen LogP contribution in [0.15, 0.2) is 66.7 Å². The molecule has 0 atom stereocenters. The van der Waals surface area contributed by atoms with Crippen molar-refractivity contribution in [3.63, 3.8) is 0 Å².